The minimum Gasteiger partial charge on any atom is -0.387 e. The summed E-state index contributed by atoms with van der Waals surface area (Å²) in [5.74, 6) is 0. The summed E-state index contributed by atoms with van der Waals surface area (Å²) in [5.41, 5.74) is -0.0220. The van der Waals surface area contributed by atoms with Crippen LogP contribution in [0.5, 0.6) is 0 Å². The minimum atomic E-state index is -0.827. The molecular formula is C12H14Cl2O2. The lowest BCUT2D eigenvalue weighted by Gasteiger charge is -2.32. The Balaban J connectivity index is 2.19. The van der Waals surface area contributed by atoms with Crippen molar-refractivity contribution in [3.63, 3.8) is 0 Å². The van der Waals surface area contributed by atoms with Crippen LogP contribution in [-0.4, -0.2) is 23.9 Å². The van der Waals surface area contributed by atoms with Crippen LogP contribution in [0.3, 0.4) is 0 Å². The predicted molar refractivity (Wildman–Crippen MR) is 65.2 cm³/mol. The fraction of sp³-hybridized carbons (Fsp3) is 0.500. The van der Waals surface area contributed by atoms with E-state index in [1.807, 2.05) is 0 Å². The summed E-state index contributed by atoms with van der Waals surface area (Å²) in [6.45, 7) is 1.08. The number of rotatable bonds is 2. The van der Waals surface area contributed by atoms with Crippen LogP contribution in [0.15, 0.2) is 18.2 Å². The maximum Gasteiger partial charge on any atom is 0.0922 e. The Morgan fingerprint density at radius 3 is 2.56 bits per heavy atom. The maximum atomic E-state index is 10.3. The third kappa shape index (κ3) is 2.69. The van der Waals surface area contributed by atoms with Gasteiger partial charge >= 0.3 is 0 Å². The Kier molecular flexibility index (Phi) is 3.75. The molecule has 1 fully saturated rings. The first kappa shape index (κ1) is 12.2. The standard InChI is InChI=1S/C12H14Cl2O2/c13-10-3-1-4-11(14)9(10)7-12(15)5-2-6-16-8-12/h1,3-4,15H,2,5-8H2. The molecule has 16 heavy (non-hydrogen) atoms. The smallest absolute Gasteiger partial charge is 0.0922 e. The van der Waals surface area contributed by atoms with Gasteiger partial charge in [-0.15, -0.1) is 0 Å². The SMILES string of the molecule is OC1(Cc2c(Cl)cccc2Cl)CCCOC1. The van der Waals surface area contributed by atoms with Crippen molar-refractivity contribution in [3.8, 4) is 0 Å². The largest absolute Gasteiger partial charge is 0.387 e. The molecule has 0 aliphatic carbocycles. The second kappa shape index (κ2) is 4.92. The molecule has 1 aromatic rings. The van der Waals surface area contributed by atoms with E-state index in [1.54, 1.807) is 18.2 Å². The summed E-state index contributed by atoms with van der Waals surface area (Å²) >= 11 is 12.1. The van der Waals surface area contributed by atoms with E-state index in [9.17, 15) is 5.11 Å². The number of hydrogen-bond donors (Lipinski definition) is 1. The Bertz CT molecular complexity index is 353. The number of ether oxygens (including phenoxy) is 1. The van der Waals surface area contributed by atoms with Gasteiger partial charge < -0.3 is 9.84 Å². The van der Waals surface area contributed by atoms with Crippen molar-refractivity contribution in [2.24, 2.45) is 0 Å². The lowest BCUT2D eigenvalue weighted by atomic mass is 9.89. The van der Waals surface area contributed by atoms with Crippen LogP contribution < -0.4 is 0 Å². The molecule has 1 aliphatic heterocycles. The molecule has 1 atom stereocenters. The van der Waals surface area contributed by atoms with E-state index in [2.05, 4.69) is 0 Å². The molecule has 1 aromatic carbocycles. The van der Waals surface area contributed by atoms with E-state index < -0.39 is 5.60 Å². The lowest BCUT2D eigenvalue weighted by molar-refractivity contribution is -0.0844. The summed E-state index contributed by atoms with van der Waals surface area (Å²) in [6.07, 6.45) is 2.05. The zero-order chi connectivity index (χ0) is 11.6. The minimum absolute atomic E-state index is 0.356. The molecule has 0 spiro atoms. The van der Waals surface area contributed by atoms with Gasteiger partial charge in [0.2, 0.25) is 0 Å². The van der Waals surface area contributed by atoms with Gasteiger partial charge in [-0.25, -0.2) is 0 Å². The molecule has 2 rings (SSSR count). The van der Waals surface area contributed by atoms with Gasteiger partial charge in [0.15, 0.2) is 0 Å². The van der Waals surface area contributed by atoms with Gasteiger partial charge in [-0.05, 0) is 30.5 Å². The molecule has 0 amide bonds. The van der Waals surface area contributed by atoms with Crippen molar-refractivity contribution in [2.75, 3.05) is 13.2 Å². The highest BCUT2D eigenvalue weighted by Crippen LogP contribution is 2.31. The molecule has 0 aromatic heterocycles. The zero-order valence-corrected chi connectivity index (χ0v) is 10.4. The second-order valence-corrected chi connectivity index (χ2v) is 5.07. The Morgan fingerprint density at radius 1 is 1.31 bits per heavy atom. The molecule has 1 heterocycles. The molecule has 1 unspecified atom stereocenters. The number of hydrogen-bond acceptors (Lipinski definition) is 2. The zero-order valence-electron chi connectivity index (χ0n) is 8.88. The molecular weight excluding hydrogens is 247 g/mol. The second-order valence-electron chi connectivity index (χ2n) is 4.26. The van der Waals surface area contributed by atoms with Gasteiger partial charge in [-0.3, -0.25) is 0 Å². The highest BCUT2D eigenvalue weighted by Gasteiger charge is 2.31. The van der Waals surface area contributed by atoms with Gasteiger partial charge in [0.25, 0.3) is 0 Å². The van der Waals surface area contributed by atoms with E-state index in [0.717, 1.165) is 25.0 Å². The summed E-state index contributed by atoms with van der Waals surface area (Å²) in [4.78, 5) is 0. The van der Waals surface area contributed by atoms with Crippen molar-refractivity contribution < 1.29 is 9.84 Å². The quantitative estimate of drug-likeness (QED) is 0.886. The van der Waals surface area contributed by atoms with Crippen LogP contribution in [0, 0.1) is 0 Å². The first-order valence-electron chi connectivity index (χ1n) is 5.34. The fourth-order valence-electron chi connectivity index (χ4n) is 2.01. The molecule has 1 saturated heterocycles. The predicted octanol–water partition coefficient (Wildman–Crippen LogP) is 3.08. The van der Waals surface area contributed by atoms with Crippen molar-refractivity contribution in [3.05, 3.63) is 33.8 Å². The van der Waals surface area contributed by atoms with E-state index in [1.165, 1.54) is 0 Å². The molecule has 1 N–H and O–H groups in total. The molecule has 2 nitrogen and oxygen atoms in total. The summed E-state index contributed by atoms with van der Waals surface area (Å²) in [6, 6.07) is 5.38. The fourth-order valence-corrected chi connectivity index (χ4v) is 2.54. The van der Waals surface area contributed by atoms with Crippen LogP contribution in [0.2, 0.25) is 10.0 Å². The highest BCUT2D eigenvalue weighted by atomic mass is 35.5. The van der Waals surface area contributed by atoms with Gasteiger partial charge in [0.05, 0.1) is 12.2 Å². The van der Waals surface area contributed by atoms with Crippen molar-refractivity contribution in [2.45, 2.75) is 24.9 Å². The average Bonchev–Trinajstić information content (AvgIpc) is 2.25. The van der Waals surface area contributed by atoms with Crippen LogP contribution in [-0.2, 0) is 11.2 Å². The Hall–Kier alpha value is -0.280. The first-order chi connectivity index (χ1) is 7.61. The Morgan fingerprint density at radius 2 is 2.00 bits per heavy atom. The van der Waals surface area contributed by atoms with E-state index in [4.69, 9.17) is 27.9 Å². The van der Waals surface area contributed by atoms with E-state index >= 15 is 0 Å². The number of aliphatic hydroxyl groups is 1. The Labute approximate surface area is 105 Å². The van der Waals surface area contributed by atoms with Crippen LogP contribution in [0.25, 0.3) is 0 Å². The molecule has 0 saturated carbocycles. The van der Waals surface area contributed by atoms with Crippen molar-refractivity contribution in [1.29, 1.82) is 0 Å². The molecule has 1 aliphatic rings. The summed E-state index contributed by atoms with van der Waals surface area (Å²) in [5, 5.41) is 11.5. The lowest BCUT2D eigenvalue weighted by Crippen LogP contribution is -2.40. The topological polar surface area (TPSA) is 29.5 Å². The van der Waals surface area contributed by atoms with Gasteiger partial charge in [-0.1, -0.05) is 29.3 Å². The van der Waals surface area contributed by atoms with Crippen LogP contribution >= 0.6 is 23.2 Å². The van der Waals surface area contributed by atoms with Gasteiger partial charge in [0, 0.05) is 23.1 Å². The molecule has 0 radical (unpaired) electrons. The molecule has 4 heteroatoms. The summed E-state index contributed by atoms with van der Waals surface area (Å²) < 4.78 is 5.30. The maximum absolute atomic E-state index is 10.3. The third-order valence-electron chi connectivity index (χ3n) is 2.87. The van der Waals surface area contributed by atoms with Crippen LogP contribution in [0.1, 0.15) is 18.4 Å². The normalized spacial score (nSPS) is 25.7. The number of benzene rings is 1. The monoisotopic (exact) mass is 260 g/mol. The van der Waals surface area contributed by atoms with Gasteiger partial charge in [0.1, 0.15) is 0 Å². The summed E-state index contributed by atoms with van der Waals surface area (Å²) in [7, 11) is 0. The van der Waals surface area contributed by atoms with E-state index in [-0.39, 0.29) is 0 Å². The van der Waals surface area contributed by atoms with E-state index in [0.29, 0.717) is 23.1 Å². The van der Waals surface area contributed by atoms with Crippen LogP contribution in [0.4, 0.5) is 0 Å². The average molecular weight is 261 g/mol. The first-order valence-corrected chi connectivity index (χ1v) is 6.09. The van der Waals surface area contributed by atoms with Crippen molar-refractivity contribution in [1.82, 2.24) is 0 Å². The molecule has 88 valence electrons. The molecule has 0 bridgehead atoms. The number of halogens is 2. The highest BCUT2D eigenvalue weighted by molar-refractivity contribution is 6.36. The third-order valence-corrected chi connectivity index (χ3v) is 3.58. The van der Waals surface area contributed by atoms with Gasteiger partial charge in [-0.2, -0.15) is 0 Å². The van der Waals surface area contributed by atoms with Crippen molar-refractivity contribution >= 4 is 23.2 Å².